The summed E-state index contributed by atoms with van der Waals surface area (Å²) in [5.41, 5.74) is 8.53. The fourth-order valence-corrected chi connectivity index (χ4v) is 5.93. The zero-order chi connectivity index (χ0) is 26.3. The molecule has 5 nitrogen and oxygen atoms in total. The predicted molar refractivity (Wildman–Crippen MR) is 154 cm³/mol. The van der Waals surface area contributed by atoms with Crippen molar-refractivity contribution in [1.82, 2.24) is 9.66 Å². The quantitative estimate of drug-likeness (QED) is 0.260. The highest BCUT2D eigenvalue weighted by molar-refractivity contribution is 7.92. The summed E-state index contributed by atoms with van der Waals surface area (Å²) in [5, 5.41) is 0.984. The molecule has 0 aliphatic carbocycles. The third-order valence-electron chi connectivity index (χ3n) is 6.83. The Bertz CT molecular complexity index is 1830. The summed E-state index contributed by atoms with van der Waals surface area (Å²) in [6.07, 6.45) is 2.39. The number of sulfonamides is 1. The molecule has 2 aliphatic heterocycles. The molecule has 6 rings (SSSR count). The second kappa shape index (κ2) is 9.47. The lowest BCUT2D eigenvalue weighted by Crippen LogP contribution is -2.27. The van der Waals surface area contributed by atoms with Crippen LogP contribution in [-0.4, -0.2) is 18.1 Å². The summed E-state index contributed by atoms with van der Waals surface area (Å²) in [4.78, 5) is 8.15. The Morgan fingerprint density at radius 2 is 1.45 bits per heavy atom. The Morgan fingerprint density at radius 1 is 0.789 bits per heavy atom. The van der Waals surface area contributed by atoms with Gasteiger partial charge >= 0.3 is 0 Å². The Balaban J connectivity index is 1.65. The van der Waals surface area contributed by atoms with E-state index in [0.717, 1.165) is 55.7 Å². The molecule has 6 heteroatoms. The molecule has 2 heterocycles. The molecule has 0 aromatic heterocycles. The Kier molecular flexibility index (Phi) is 5.97. The zero-order valence-corrected chi connectivity index (χ0v) is 22.0. The zero-order valence-electron chi connectivity index (χ0n) is 21.2. The highest BCUT2D eigenvalue weighted by Crippen LogP contribution is 2.41. The number of nitrogens with one attached hydrogen (secondary N) is 1. The minimum atomic E-state index is -3.86. The van der Waals surface area contributed by atoms with Gasteiger partial charge in [-0.05, 0) is 48.7 Å². The SMILES string of the molecule is Cc1ccc(S(=O)(=O)Nn2cc3c4ccc(C)cc4nc-3c(-c3ccccc3)c2Cc2ccccc2)cc1. The summed E-state index contributed by atoms with van der Waals surface area (Å²) in [6.45, 7) is 3.99. The molecule has 0 radical (unpaired) electrons. The van der Waals surface area contributed by atoms with Crippen LogP contribution in [-0.2, 0) is 16.4 Å². The highest BCUT2D eigenvalue weighted by atomic mass is 32.2. The Hall–Kier alpha value is -4.42. The molecular formula is C32H27N3O2S. The van der Waals surface area contributed by atoms with E-state index in [0.29, 0.717) is 6.42 Å². The van der Waals surface area contributed by atoms with Crippen molar-refractivity contribution in [2.45, 2.75) is 25.2 Å². The van der Waals surface area contributed by atoms with Crippen molar-refractivity contribution in [2.24, 2.45) is 0 Å². The fraction of sp³-hybridized carbons (Fsp3) is 0.0938. The first-order valence-corrected chi connectivity index (χ1v) is 14.0. The minimum absolute atomic E-state index is 0.212. The maximum atomic E-state index is 13.6. The lowest BCUT2D eigenvalue weighted by molar-refractivity contribution is 0.594. The topological polar surface area (TPSA) is 64.0 Å². The maximum absolute atomic E-state index is 13.6. The van der Waals surface area contributed by atoms with E-state index >= 15 is 0 Å². The summed E-state index contributed by atoms with van der Waals surface area (Å²) >= 11 is 0. The smallest absolute Gasteiger partial charge is 0.256 e. The van der Waals surface area contributed by atoms with Gasteiger partial charge in [-0.3, -0.25) is 4.68 Å². The van der Waals surface area contributed by atoms with Gasteiger partial charge in [0.05, 0.1) is 21.8 Å². The molecule has 0 fully saturated rings. The summed E-state index contributed by atoms with van der Waals surface area (Å²) < 4.78 is 28.9. The van der Waals surface area contributed by atoms with Crippen molar-refractivity contribution in [2.75, 3.05) is 4.83 Å². The standard InChI is InChI=1S/C32H27N3O2S/c1-22-13-16-26(17-14-22)38(36,37)34-35-21-28-27-18-15-23(2)19-29(27)33-32(28)31(25-11-7-4-8-12-25)30(35)20-24-9-5-3-6-10-24/h3-19,21,34H,20H2,1-2H3. The number of nitrogens with zero attached hydrogens (tertiary/aromatic N) is 2. The third-order valence-corrected chi connectivity index (χ3v) is 8.16. The summed E-state index contributed by atoms with van der Waals surface area (Å²) in [7, 11) is -3.86. The molecular weight excluding hydrogens is 490 g/mol. The molecule has 4 aromatic rings. The first-order chi connectivity index (χ1) is 18.4. The first-order valence-electron chi connectivity index (χ1n) is 12.5. The predicted octanol–water partition coefficient (Wildman–Crippen LogP) is 6.95. The van der Waals surface area contributed by atoms with Gasteiger partial charge in [-0.25, -0.2) is 9.82 Å². The van der Waals surface area contributed by atoms with Gasteiger partial charge in [0, 0.05) is 29.1 Å². The monoisotopic (exact) mass is 517 g/mol. The van der Waals surface area contributed by atoms with Crippen LogP contribution in [0.3, 0.4) is 0 Å². The van der Waals surface area contributed by atoms with Gasteiger partial charge in [0.1, 0.15) is 0 Å². The van der Waals surface area contributed by atoms with Crippen LogP contribution in [0.1, 0.15) is 22.4 Å². The molecule has 0 unspecified atom stereocenters. The second-order valence-corrected chi connectivity index (χ2v) is 11.3. The number of pyridine rings is 1. The number of hydrogen-bond acceptors (Lipinski definition) is 3. The molecule has 0 atom stereocenters. The van der Waals surface area contributed by atoms with Crippen LogP contribution in [0.5, 0.6) is 0 Å². The molecule has 4 aromatic carbocycles. The highest BCUT2D eigenvalue weighted by Gasteiger charge is 2.25. The average molecular weight is 518 g/mol. The van der Waals surface area contributed by atoms with Crippen molar-refractivity contribution < 1.29 is 8.42 Å². The molecule has 0 spiro atoms. The van der Waals surface area contributed by atoms with Crippen LogP contribution in [0.4, 0.5) is 0 Å². The largest absolute Gasteiger partial charge is 0.275 e. The van der Waals surface area contributed by atoms with Gasteiger partial charge in [0.15, 0.2) is 0 Å². The van der Waals surface area contributed by atoms with E-state index in [9.17, 15) is 8.42 Å². The summed E-state index contributed by atoms with van der Waals surface area (Å²) in [6, 6.07) is 33.2. The summed E-state index contributed by atoms with van der Waals surface area (Å²) in [5.74, 6) is 0. The molecule has 2 aliphatic rings. The number of aromatic nitrogens is 2. The first kappa shape index (κ1) is 23.9. The van der Waals surface area contributed by atoms with Crippen LogP contribution in [0, 0.1) is 13.8 Å². The fourth-order valence-electron chi connectivity index (χ4n) is 4.91. The molecule has 0 bridgehead atoms. The number of rotatable bonds is 6. The third kappa shape index (κ3) is 4.44. The van der Waals surface area contributed by atoms with E-state index < -0.39 is 10.0 Å². The van der Waals surface area contributed by atoms with Gasteiger partial charge in [0.2, 0.25) is 0 Å². The molecule has 0 saturated carbocycles. The van der Waals surface area contributed by atoms with E-state index in [1.54, 1.807) is 28.9 Å². The van der Waals surface area contributed by atoms with Crippen LogP contribution < -0.4 is 4.83 Å². The van der Waals surface area contributed by atoms with Gasteiger partial charge < -0.3 is 0 Å². The van der Waals surface area contributed by atoms with E-state index in [4.69, 9.17) is 4.98 Å². The normalized spacial score (nSPS) is 11.7. The van der Waals surface area contributed by atoms with Crippen LogP contribution in [0.15, 0.2) is 114 Å². The number of hydrogen-bond donors (Lipinski definition) is 1. The lowest BCUT2D eigenvalue weighted by atomic mass is 9.94. The van der Waals surface area contributed by atoms with Crippen molar-refractivity contribution >= 4 is 20.9 Å². The number of fused-ring (bicyclic) bond motifs is 3. The average Bonchev–Trinajstić information content (AvgIpc) is 3.27. The van der Waals surface area contributed by atoms with Crippen LogP contribution in [0.25, 0.3) is 33.3 Å². The molecule has 188 valence electrons. The van der Waals surface area contributed by atoms with Gasteiger partial charge in [-0.15, -0.1) is 0 Å². The molecule has 38 heavy (non-hydrogen) atoms. The van der Waals surface area contributed by atoms with Crippen LogP contribution >= 0.6 is 0 Å². The van der Waals surface area contributed by atoms with Crippen molar-refractivity contribution in [3.8, 4) is 22.4 Å². The molecule has 1 N–H and O–H groups in total. The Morgan fingerprint density at radius 3 is 2.16 bits per heavy atom. The van der Waals surface area contributed by atoms with Gasteiger partial charge in [-0.2, -0.15) is 8.42 Å². The van der Waals surface area contributed by atoms with E-state index in [1.165, 1.54) is 0 Å². The lowest BCUT2D eigenvalue weighted by Gasteiger charge is -2.23. The van der Waals surface area contributed by atoms with E-state index in [-0.39, 0.29) is 4.90 Å². The van der Waals surface area contributed by atoms with E-state index in [2.05, 4.69) is 35.2 Å². The number of aryl methyl sites for hydroxylation is 2. The van der Waals surface area contributed by atoms with Crippen molar-refractivity contribution in [3.63, 3.8) is 0 Å². The molecule has 0 saturated heterocycles. The van der Waals surface area contributed by atoms with Crippen LogP contribution in [0.2, 0.25) is 0 Å². The van der Waals surface area contributed by atoms with Gasteiger partial charge in [-0.1, -0.05) is 90.5 Å². The maximum Gasteiger partial charge on any atom is 0.275 e. The van der Waals surface area contributed by atoms with Crippen molar-refractivity contribution in [3.05, 3.63) is 132 Å². The second-order valence-electron chi connectivity index (χ2n) is 9.65. The van der Waals surface area contributed by atoms with Crippen molar-refractivity contribution in [1.29, 1.82) is 0 Å². The van der Waals surface area contributed by atoms with E-state index in [1.807, 2.05) is 68.6 Å². The minimum Gasteiger partial charge on any atom is -0.256 e. The molecule has 0 amide bonds. The number of benzene rings is 4. The van der Waals surface area contributed by atoms with Gasteiger partial charge in [0.25, 0.3) is 10.0 Å². The Labute approximate surface area is 222 Å².